The van der Waals surface area contributed by atoms with Crippen molar-refractivity contribution in [2.24, 2.45) is 0 Å². The number of thiocarbonyl (C=S) groups is 1. The lowest BCUT2D eigenvalue weighted by Gasteiger charge is -2.11. The molecule has 0 aromatic carbocycles. The third-order valence-corrected chi connectivity index (χ3v) is 2.56. The number of nitrogens with zero attached hydrogens (tertiary/aromatic N) is 1. The van der Waals surface area contributed by atoms with Gasteiger partial charge in [-0.25, -0.2) is 0 Å². The second-order valence-electron chi connectivity index (χ2n) is 1.86. The van der Waals surface area contributed by atoms with Crippen LogP contribution in [0.25, 0.3) is 0 Å². The first-order valence-electron chi connectivity index (χ1n) is 2.81. The van der Waals surface area contributed by atoms with Crippen LogP contribution in [0.5, 0.6) is 0 Å². The van der Waals surface area contributed by atoms with Crippen LogP contribution >= 0.6 is 24.0 Å². The molecular weight excluding hydrogens is 150 g/mol. The highest BCUT2D eigenvalue weighted by Crippen LogP contribution is 2.06. The minimum absolute atomic E-state index is 0.943. The summed E-state index contributed by atoms with van der Waals surface area (Å²) in [6, 6.07) is 0. The Morgan fingerprint density at radius 3 is 2.56 bits per heavy atom. The van der Waals surface area contributed by atoms with Gasteiger partial charge < -0.3 is 4.90 Å². The van der Waals surface area contributed by atoms with Crippen molar-refractivity contribution in [3.05, 3.63) is 6.92 Å². The summed E-state index contributed by atoms with van der Waals surface area (Å²) in [7, 11) is 3.91. The molecule has 0 rings (SSSR count). The van der Waals surface area contributed by atoms with Crippen LogP contribution in [0.4, 0.5) is 0 Å². The fourth-order valence-corrected chi connectivity index (χ4v) is 1.12. The van der Waals surface area contributed by atoms with E-state index in [0.717, 1.165) is 16.5 Å². The first kappa shape index (κ1) is 9.24. The second-order valence-corrected chi connectivity index (χ2v) is 3.59. The van der Waals surface area contributed by atoms with E-state index in [2.05, 4.69) is 6.92 Å². The van der Waals surface area contributed by atoms with Gasteiger partial charge >= 0.3 is 0 Å². The van der Waals surface area contributed by atoms with Crippen LogP contribution in [0, 0.1) is 6.92 Å². The van der Waals surface area contributed by atoms with Crippen molar-refractivity contribution in [3.8, 4) is 0 Å². The van der Waals surface area contributed by atoms with E-state index in [4.69, 9.17) is 12.2 Å². The molecule has 0 unspecified atom stereocenters. The van der Waals surface area contributed by atoms with E-state index in [-0.39, 0.29) is 0 Å². The van der Waals surface area contributed by atoms with Gasteiger partial charge in [-0.1, -0.05) is 30.9 Å². The Hall–Kier alpha value is 0.240. The third-order valence-electron chi connectivity index (χ3n) is 0.735. The van der Waals surface area contributed by atoms with E-state index >= 15 is 0 Å². The molecule has 0 aliphatic heterocycles. The number of hydrogen-bond donors (Lipinski definition) is 0. The van der Waals surface area contributed by atoms with Crippen molar-refractivity contribution < 1.29 is 0 Å². The van der Waals surface area contributed by atoms with Gasteiger partial charge in [0.1, 0.15) is 4.32 Å². The molecule has 0 atom stereocenters. The van der Waals surface area contributed by atoms with Crippen LogP contribution in [-0.4, -0.2) is 29.1 Å². The molecule has 0 N–H and O–H groups in total. The van der Waals surface area contributed by atoms with Crippen molar-refractivity contribution in [3.63, 3.8) is 0 Å². The highest BCUT2D eigenvalue weighted by Gasteiger charge is 1.96. The van der Waals surface area contributed by atoms with Crippen molar-refractivity contribution in [1.82, 2.24) is 4.90 Å². The maximum absolute atomic E-state index is 5.00. The molecule has 1 radical (unpaired) electrons. The summed E-state index contributed by atoms with van der Waals surface area (Å²) in [6.45, 7) is 3.72. The molecule has 9 heavy (non-hydrogen) atoms. The first-order chi connectivity index (χ1) is 4.18. The van der Waals surface area contributed by atoms with Gasteiger partial charge in [0.15, 0.2) is 0 Å². The van der Waals surface area contributed by atoms with Gasteiger partial charge in [0.2, 0.25) is 0 Å². The monoisotopic (exact) mass is 162 g/mol. The predicted molar refractivity (Wildman–Crippen MR) is 48.7 cm³/mol. The van der Waals surface area contributed by atoms with Crippen LogP contribution in [-0.2, 0) is 0 Å². The average Bonchev–Trinajstić information content (AvgIpc) is 1.82. The van der Waals surface area contributed by atoms with E-state index in [0.29, 0.717) is 0 Å². The summed E-state index contributed by atoms with van der Waals surface area (Å²) in [5, 5.41) is 0. The summed E-state index contributed by atoms with van der Waals surface area (Å²) in [5.41, 5.74) is 0. The lowest BCUT2D eigenvalue weighted by Crippen LogP contribution is -2.16. The molecule has 53 valence electrons. The molecule has 0 amide bonds. The first-order valence-corrected chi connectivity index (χ1v) is 4.21. The molecule has 0 aliphatic rings. The Morgan fingerprint density at radius 1 is 1.67 bits per heavy atom. The van der Waals surface area contributed by atoms with Crippen LogP contribution in [0.15, 0.2) is 0 Å². The summed E-state index contributed by atoms with van der Waals surface area (Å²) in [5.74, 6) is 1.02. The smallest absolute Gasteiger partial charge is 0.135 e. The molecule has 1 nitrogen and oxygen atoms in total. The second kappa shape index (κ2) is 5.06. The van der Waals surface area contributed by atoms with Crippen molar-refractivity contribution in [2.45, 2.75) is 6.42 Å². The van der Waals surface area contributed by atoms with E-state index < -0.39 is 0 Å². The Labute approximate surface area is 66.8 Å². The zero-order valence-corrected chi connectivity index (χ0v) is 7.52. The number of hydrogen-bond acceptors (Lipinski definition) is 2. The number of thioether (sulfide) groups is 1. The van der Waals surface area contributed by atoms with Gasteiger partial charge in [-0.15, -0.1) is 0 Å². The Bertz CT molecular complexity index is 91.1. The maximum atomic E-state index is 5.00. The Balaban J connectivity index is 3.28. The maximum Gasteiger partial charge on any atom is 0.135 e. The fourth-order valence-electron chi connectivity index (χ4n) is 0.289. The molecule has 0 aromatic heterocycles. The molecule has 3 heteroatoms. The Morgan fingerprint density at radius 2 is 2.22 bits per heavy atom. The van der Waals surface area contributed by atoms with Gasteiger partial charge in [0.25, 0.3) is 0 Å². The van der Waals surface area contributed by atoms with E-state index in [1.54, 1.807) is 11.8 Å². The van der Waals surface area contributed by atoms with E-state index in [9.17, 15) is 0 Å². The topological polar surface area (TPSA) is 3.24 Å². The van der Waals surface area contributed by atoms with Gasteiger partial charge in [-0.05, 0) is 6.42 Å². The number of rotatable bonds is 2. The van der Waals surface area contributed by atoms with Gasteiger partial charge in [0, 0.05) is 19.8 Å². The van der Waals surface area contributed by atoms with Crippen LogP contribution in [0.1, 0.15) is 6.42 Å². The summed E-state index contributed by atoms with van der Waals surface area (Å²) < 4.78 is 0.943. The SMILES string of the molecule is [CH2]CCSC(=S)N(C)C. The summed E-state index contributed by atoms with van der Waals surface area (Å²) in [6.07, 6.45) is 0.943. The predicted octanol–water partition coefficient (Wildman–Crippen LogP) is 1.79. The largest absolute Gasteiger partial charge is 0.364 e. The van der Waals surface area contributed by atoms with Crippen LogP contribution in [0.2, 0.25) is 0 Å². The van der Waals surface area contributed by atoms with Crippen molar-refractivity contribution >= 4 is 28.3 Å². The van der Waals surface area contributed by atoms with E-state index in [1.807, 2.05) is 19.0 Å². The highest BCUT2D eigenvalue weighted by molar-refractivity contribution is 8.22. The van der Waals surface area contributed by atoms with Crippen molar-refractivity contribution in [2.75, 3.05) is 19.8 Å². The molecule has 0 saturated carbocycles. The molecule has 0 saturated heterocycles. The molecule has 0 spiro atoms. The lowest BCUT2D eigenvalue weighted by molar-refractivity contribution is 0.648. The normalized spacial score (nSPS) is 9.22. The molecule has 0 aliphatic carbocycles. The average molecular weight is 162 g/mol. The zero-order chi connectivity index (χ0) is 7.28. The van der Waals surface area contributed by atoms with Gasteiger partial charge in [-0.2, -0.15) is 0 Å². The molecule has 0 bridgehead atoms. The molecular formula is C6H12NS2. The summed E-state index contributed by atoms with van der Waals surface area (Å²) in [4.78, 5) is 1.94. The van der Waals surface area contributed by atoms with E-state index in [1.165, 1.54) is 0 Å². The minimum Gasteiger partial charge on any atom is -0.364 e. The molecule has 0 heterocycles. The minimum atomic E-state index is 0.943. The zero-order valence-electron chi connectivity index (χ0n) is 5.89. The third kappa shape index (κ3) is 4.73. The van der Waals surface area contributed by atoms with Crippen LogP contribution in [0.3, 0.4) is 0 Å². The molecule has 0 aromatic rings. The quantitative estimate of drug-likeness (QED) is 0.570. The fraction of sp³-hybridized carbons (Fsp3) is 0.667. The van der Waals surface area contributed by atoms with Crippen molar-refractivity contribution in [1.29, 1.82) is 0 Å². The highest BCUT2D eigenvalue weighted by atomic mass is 32.2. The lowest BCUT2D eigenvalue weighted by atomic mass is 10.6. The Kier molecular flexibility index (Phi) is 5.19. The molecule has 0 fully saturated rings. The summed E-state index contributed by atoms with van der Waals surface area (Å²) >= 11 is 6.68. The standard InChI is InChI=1S/C6H12NS2/c1-4-5-9-6(8)7(2)3/h1,4-5H2,2-3H3. The van der Waals surface area contributed by atoms with Gasteiger partial charge in [-0.3, -0.25) is 0 Å². The van der Waals surface area contributed by atoms with Crippen LogP contribution < -0.4 is 0 Å². The van der Waals surface area contributed by atoms with Gasteiger partial charge in [0.05, 0.1) is 0 Å².